The van der Waals surface area contributed by atoms with Gasteiger partial charge in [-0.2, -0.15) is 0 Å². The highest BCUT2D eigenvalue weighted by molar-refractivity contribution is 5.63. The third-order valence-corrected chi connectivity index (χ3v) is 3.01. The van der Waals surface area contributed by atoms with Crippen molar-refractivity contribution in [3.05, 3.63) is 23.8 Å². The Hall–Kier alpha value is -1.22. The molecular weight excluding hydrogens is 188 g/mol. The number of phenolic OH excluding ortho intramolecular Hbond substituents is 1. The number of hydrogen-bond donors (Lipinski definition) is 2. The Morgan fingerprint density at radius 3 is 3.07 bits per heavy atom. The molecule has 1 heterocycles. The van der Waals surface area contributed by atoms with Crippen LogP contribution >= 0.6 is 0 Å². The number of benzene rings is 1. The largest absolute Gasteiger partial charge is 0.508 e. The Kier molecular flexibility index (Phi) is 2.82. The van der Waals surface area contributed by atoms with E-state index in [1.54, 1.807) is 6.07 Å². The zero-order chi connectivity index (χ0) is 10.8. The molecule has 3 nitrogen and oxygen atoms in total. The first-order valence-electron chi connectivity index (χ1n) is 5.55. The summed E-state index contributed by atoms with van der Waals surface area (Å²) in [6.45, 7) is 6.21. The number of rotatable bonds is 3. The van der Waals surface area contributed by atoms with Crippen molar-refractivity contribution < 1.29 is 5.11 Å². The Bertz CT molecular complexity index is 351. The van der Waals surface area contributed by atoms with Crippen LogP contribution in [-0.4, -0.2) is 24.4 Å². The van der Waals surface area contributed by atoms with Crippen molar-refractivity contribution in [3.63, 3.8) is 0 Å². The van der Waals surface area contributed by atoms with Crippen LogP contribution in [0.15, 0.2) is 18.2 Å². The molecule has 82 valence electrons. The van der Waals surface area contributed by atoms with Crippen LogP contribution in [0.1, 0.15) is 19.4 Å². The Labute approximate surface area is 90.7 Å². The summed E-state index contributed by atoms with van der Waals surface area (Å²) in [6, 6.07) is 5.75. The maximum absolute atomic E-state index is 9.71. The molecule has 1 atom stereocenters. The van der Waals surface area contributed by atoms with Crippen LogP contribution in [0.4, 0.5) is 5.69 Å². The normalized spacial score (nSPS) is 16.5. The number of phenols is 1. The lowest BCUT2D eigenvalue weighted by molar-refractivity contribution is 0.470. The number of nitrogens with one attached hydrogen (secondary N) is 1. The molecule has 0 radical (unpaired) electrons. The van der Waals surface area contributed by atoms with E-state index in [1.807, 2.05) is 6.07 Å². The number of aromatic hydroxyl groups is 1. The van der Waals surface area contributed by atoms with Crippen molar-refractivity contribution in [1.82, 2.24) is 5.32 Å². The van der Waals surface area contributed by atoms with Gasteiger partial charge in [0.1, 0.15) is 5.75 Å². The number of fused-ring (bicyclic) bond motifs is 1. The van der Waals surface area contributed by atoms with Gasteiger partial charge in [0.05, 0.1) is 6.17 Å². The smallest absolute Gasteiger partial charge is 0.120 e. The molecular formula is C12H18N2O. The van der Waals surface area contributed by atoms with Crippen LogP contribution in [0.2, 0.25) is 0 Å². The SMILES string of the molecule is CCNC(C)N1CCc2c(O)cccc21. The second kappa shape index (κ2) is 4.11. The van der Waals surface area contributed by atoms with Crippen molar-refractivity contribution in [1.29, 1.82) is 0 Å². The zero-order valence-electron chi connectivity index (χ0n) is 9.33. The van der Waals surface area contributed by atoms with Gasteiger partial charge in [-0.3, -0.25) is 5.32 Å². The molecule has 1 aromatic carbocycles. The summed E-state index contributed by atoms with van der Waals surface area (Å²) < 4.78 is 0. The van der Waals surface area contributed by atoms with Gasteiger partial charge in [-0.05, 0) is 32.0 Å². The van der Waals surface area contributed by atoms with Crippen LogP contribution in [0.25, 0.3) is 0 Å². The van der Waals surface area contributed by atoms with E-state index in [0.29, 0.717) is 11.9 Å². The topological polar surface area (TPSA) is 35.5 Å². The lowest BCUT2D eigenvalue weighted by Crippen LogP contribution is -2.42. The Morgan fingerprint density at radius 2 is 2.33 bits per heavy atom. The first-order chi connectivity index (χ1) is 7.24. The first-order valence-corrected chi connectivity index (χ1v) is 5.55. The van der Waals surface area contributed by atoms with E-state index in [2.05, 4.69) is 30.1 Å². The maximum Gasteiger partial charge on any atom is 0.120 e. The summed E-state index contributed by atoms with van der Waals surface area (Å²) in [6.07, 6.45) is 1.27. The Morgan fingerprint density at radius 1 is 1.53 bits per heavy atom. The molecule has 1 unspecified atom stereocenters. The van der Waals surface area contributed by atoms with E-state index in [9.17, 15) is 5.11 Å². The van der Waals surface area contributed by atoms with E-state index in [4.69, 9.17) is 0 Å². The fraction of sp³-hybridized carbons (Fsp3) is 0.500. The summed E-state index contributed by atoms with van der Waals surface area (Å²) in [5.74, 6) is 0.429. The summed E-state index contributed by atoms with van der Waals surface area (Å²) in [5, 5.41) is 13.1. The van der Waals surface area contributed by atoms with E-state index in [-0.39, 0.29) is 0 Å². The second-order valence-electron chi connectivity index (χ2n) is 3.95. The fourth-order valence-electron chi connectivity index (χ4n) is 2.25. The fourth-order valence-corrected chi connectivity index (χ4v) is 2.25. The molecule has 3 heteroatoms. The van der Waals surface area contributed by atoms with Crippen LogP contribution in [-0.2, 0) is 6.42 Å². The molecule has 0 amide bonds. The van der Waals surface area contributed by atoms with Crippen LogP contribution in [0.5, 0.6) is 5.75 Å². The van der Waals surface area contributed by atoms with Gasteiger partial charge in [0.2, 0.25) is 0 Å². The van der Waals surface area contributed by atoms with Crippen molar-refractivity contribution in [2.24, 2.45) is 0 Å². The molecule has 2 rings (SSSR count). The average molecular weight is 206 g/mol. The summed E-state index contributed by atoms with van der Waals surface area (Å²) in [7, 11) is 0. The quantitative estimate of drug-likeness (QED) is 0.790. The highest BCUT2D eigenvalue weighted by Gasteiger charge is 2.24. The van der Waals surface area contributed by atoms with Crippen molar-refractivity contribution in [2.75, 3.05) is 18.0 Å². The minimum atomic E-state index is 0.332. The molecule has 1 aromatic rings. The van der Waals surface area contributed by atoms with Crippen LogP contribution in [0.3, 0.4) is 0 Å². The first kappa shape index (κ1) is 10.3. The molecule has 2 N–H and O–H groups in total. The molecule has 0 bridgehead atoms. The van der Waals surface area contributed by atoms with Gasteiger partial charge in [0, 0.05) is 17.8 Å². The average Bonchev–Trinajstić information content (AvgIpc) is 2.63. The molecule has 0 saturated heterocycles. The summed E-state index contributed by atoms with van der Waals surface area (Å²) >= 11 is 0. The van der Waals surface area contributed by atoms with Crippen LogP contribution in [0, 0.1) is 0 Å². The van der Waals surface area contributed by atoms with Gasteiger partial charge in [-0.25, -0.2) is 0 Å². The highest BCUT2D eigenvalue weighted by atomic mass is 16.3. The second-order valence-corrected chi connectivity index (χ2v) is 3.95. The van der Waals surface area contributed by atoms with Gasteiger partial charge in [0.25, 0.3) is 0 Å². The molecule has 0 saturated carbocycles. The molecule has 0 spiro atoms. The molecule has 1 aliphatic rings. The van der Waals surface area contributed by atoms with Gasteiger partial charge in [0.15, 0.2) is 0 Å². The van der Waals surface area contributed by atoms with Gasteiger partial charge in [-0.1, -0.05) is 13.0 Å². The van der Waals surface area contributed by atoms with Crippen molar-refractivity contribution in [2.45, 2.75) is 26.4 Å². The van der Waals surface area contributed by atoms with Gasteiger partial charge < -0.3 is 10.0 Å². The van der Waals surface area contributed by atoms with Crippen LogP contribution < -0.4 is 10.2 Å². The Balaban J connectivity index is 2.25. The summed E-state index contributed by atoms with van der Waals surface area (Å²) in [4.78, 5) is 2.30. The van der Waals surface area contributed by atoms with E-state index in [1.165, 1.54) is 5.69 Å². The predicted molar refractivity (Wildman–Crippen MR) is 62.3 cm³/mol. The zero-order valence-corrected chi connectivity index (χ0v) is 9.33. The lowest BCUT2D eigenvalue weighted by atomic mass is 10.1. The number of nitrogens with zero attached hydrogens (tertiary/aromatic N) is 1. The third kappa shape index (κ3) is 1.79. The third-order valence-electron chi connectivity index (χ3n) is 3.01. The minimum absolute atomic E-state index is 0.332. The standard InChI is InChI=1S/C12H18N2O/c1-3-13-9(2)14-8-7-10-11(14)5-4-6-12(10)15/h4-6,9,13,15H,3,7-8H2,1-2H3. The number of hydrogen-bond acceptors (Lipinski definition) is 3. The monoisotopic (exact) mass is 206 g/mol. The molecule has 0 fully saturated rings. The van der Waals surface area contributed by atoms with Gasteiger partial charge in [-0.15, -0.1) is 0 Å². The minimum Gasteiger partial charge on any atom is -0.508 e. The molecule has 1 aliphatic heterocycles. The van der Waals surface area contributed by atoms with E-state index in [0.717, 1.165) is 25.1 Å². The summed E-state index contributed by atoms with van der Waals surface area (Å²) in [5.41, 5.74) is 2.26. The lowest BCUT2D eigenvalue weighted by Gasteiger charge is -2.27. The van der Waals surface area contributed by atoms with Crippen molar-refractivity contribution in [3.8, 4) is 5.75 Å². The molecule has 0 aromatic heterocycles. The van der Waals surface area contributed by atoms with E-state index >= 15 is 0 Å². The molecule has 15 heavy (non-hydrogen) atoms. The van der Waals surface area contributed by atoms with E-state index < -0.39 is 0 Å². The van der Waals surface area contributed by atoms with Gasteiger partial charge >= 0.3 is 0 Å². The molecule has 0 aliphatic carbocycles. The van der Waals surface area contributed by atoms with Crippen molar-refractivity contribution >= 4 is 5.69 Å². The number of anilines is 1. The highest BCUT2D eigenvalue weighted by Crippen LogP contribution is 2.34. The predicted octanol–water partition coefficient (Wildman–Crippen LogP) is 1.71. The maximum atomic E-state index is 9.71.